The van der Waals surface area contributed by atoms with Gasteiger partial charge in [-0.15, -0.1) is 5.10 Å². The molecule has 0 fully saturated rings. The van der Waals surface area contributed by atoms with E-state index in [1.54, 1.807) is 11.8 Å². The number of methoxy groups -OCH3 is 1. The minimum absolute atomic E-state index is 0.329. The van der Waals surface area contributed by atoms with Crippen LogP contribution in [-0.4, -0.2) is 28.7 Å². The van der Waals surface area contributed by atoms with E-state index in [1.807, 2.05) is 31.2 Å². The van der Waals surface area contributed by atoms with Gasteiger partial charge in [0.15, 0.2) is 0 Å². The van der Waals surface area contributed by atoms with Gasteiger partial charge in [-0.1, -0.05) is 17.3 Å². The minimum atomic E-state index is 0.329. The van der Waals surface area contributed by atoms with Gasteiger partial charge in [0.05, 0.1) is 18.9 Å². The molecular weight excluding hydrogens is 244 g/mol. The van der Waals surface area contributed by atoms with E-state index in [2.05, 4.69) is 10.3 Å². The molecule has 1 aromatic heterocycles. The summed E-state index contributed by atoms with van der Waals surface area (Å²) in [6.45, 7) is 3.27. The van der Waals surface area contributed by atoms with Crippen LogP contribution in [-0.2, 0) is 17.9 Å². The van der Waals surface area contributed by atoms with E-state index >= 15 is 0 Å². The summed E-state index contributed by atoms with van der Waals surface area (Å²) in [7, 11) is 1.63. The van der Waals surface area contributed by atoms with Crippen molar-refractivity contribution in [2.45, 2.75) is 20.1 Å². The highest BCUT2D eigenvalue weighted by molar-refractivity contribution is 5.47. The van der Waals surface area contributed by atoms with Gasteiger partial charge in [0.25, 0.3) is 0 Å². The molecule has 0 unspecified atom stereocenters. The van der Waals surface area contributed by atoms with Gasteiger partial charge in [0, 0.05) is 13.7 Å². The van der Waals surface area contributed by atoms with Crippen molar-refractivity contribution in [1.82, 2.24) is 15.0 Å². The summed E-state index contributed by atoms with van der Waals surface area (Å²) in [6, 6.07) is 7.68. The Labute approximate surface area is 112 Å². The third kappa shape index (κ3) is 2.74. The molecular formula is C13H18N4O2. The molecule has 0 aliphatic rings. The summed E-state index contributed by atoms with van der Waals surface area (Å²) in [5, 5.41) is 8.23. The Hall–Kier alpha value is -1.92. The highest BCUT2D eigenvalue weighted by atomic mass is 16.5. The second-order valence-electron chi connectivity index (χ2n) is 3.93. The number of hydrogen-bond donors (Lipinski definition) is 1. The van der Waals surface area contributed by atoms with Crippen LogP contribution in [0, 0.1) is 0 Å². The average molecular weight is 262 g/mol. The Morgan fingerprint density at radius 3 is 2.79 bits per heavy atom. The summed E-state index contributed by atoms with van der Waals surface area (Å²) >= 11 is 0. The van der Waals surface area contributed by atoms with Crippen LogP contribution < -0.4 is 10.5 Å². The maximum Gasteiger partial charge on any atom is 0.145 e. The SMILES string of the molecule is CCOc1ccccc1-n1nnc(CN)c1COC. The van der Waals surface area contributed by atoms with Crippen LogP contribution in [0.2, 0.25) is 0 Å². The molecule has 6 nitrogen and oxygen atoms in total. The van der Waals surface area contributed by atoms with E-state index in [0.29, 0.717) is 19.8 Å². The van der Waals surface area contributed by atoms with E-state index in [9.17, 15) is 0 Å². The number of para-hydroxylation sites is 2. The molecule has 0 radical (unpaired) electrons. The van der Waals surface area contributed by atoms with Crippen molar-refractivity contribution in [3.05, 3.63) is 35.7 Å². The standard InChI is InChI=1S/C13H18N4O2/c1-3-19-13-7-5-4-6-11(13)17-12(9-18-2)10(8-14)15-16-17/h4-7H,3,8-9,14H2,1-2H3. The number of benzene rings is 1. The first-order chi connectivity index (χ1) is 9.31. The van der Waals surface area contributed by atoms with Gasteiger partial charge in [0.2, 0.25) is 0 Å². The zero-order valence-electron chi connectivity index (χ0n) is 11.2. The largest absolute Gasteiger partial charge is 0.492 e. The van der Waals surface area contributed by atoms with Crippen LogP contribution in [0.1, 0.15) is 18.3 Å². The van der Waals surface area contributed by atoms with Crippen LogP contribution in [0.3, 0.4) is 0 Å². The molecule has 1 heterocycles. The van der Waals surface area contributed by atoms with Crippen molar-refractivity contribution in [3.63, 3.8) is 0 Å². The zero-order valence-corrected chi connectivity index (χ0v) is 11.2. The topological polar surface area (TPSA) is 75.2 Å². The summed E-state index contributed by atoms with van der Waals surface area (Å²) in [6.07, 6.45) is 0. The summed E-state index contributed by atoms with van der Waals surface area (Å²) in [5.41, 5.74) is 8.08. The number of aromatic nitrogens is 3. The molecule has 0 amide bonds. The monoisotopic (exact) mass is 262 g/mol. The van der Waals surface area contributed by atoms with Gasteiger partial charge in [-0.3, -0.25) is 0 Å². The van der Waals surface area contributed by atoms with E-state index in [4.69, 9.17) is 15.2 Å². The Kier molecular flexibility index (Phi) is 4.48. The van der Waals surface area contributed by atoms with Crippen LogP contribution in [0.25, 0.3) is 5.69 Å². The predicted molar refractivity (Wildman–Crippen MR) is 71.1 cm³/mol. The number of rotatable bonds is 6. The normalized spacial score (nSPS) is 10.7. The number of ether oxygens (including phenoxy) is 2. The highest BCUT2D eigenvalue weighted by Gasteiger charge is 2.15. The second-order valence-corrected chi connectivity index (χ2v) is 3.93. The smallest absolute Gasteiger partial charge is 0.145 e. The van der Waals surface area contributed by atoms with E-state index in [-0.39, 0.29) is 0 Å². The molecule has 1 aromatic carbocycles. The number of hydrogen-bond acceptors (Lipinski definition) is 5. The third-order valence-electron chi connectivity index (χ3n) is 2.71. The average Bonchev–Trinajstić information content (AvgIpc) is 2.83. The van der Waals surface area contributed by atoms with Crippen LogP contribution in [0.5, 0.6) is 5.75 Å². The van der Waals surface area contributed by atoms with Crippen molar-refractivity contribution in [1.29, 1.82) is 0 Å². The minimum Gasteiger partial charge on any atom is -0.492 e. The quantitative estimate of drug-likeness (QED) is 0.848. The van der Waals surface area contributed by atoms with Crippen molar-refractivity contribution < 1.29 is 9.47 Å². The Bertz CT molecular complexity index is 539. The molecule has 0 spiro atoms. The molecule has 6 heteroatoms. The molecule has 0 atom stereocenters. The van der Waals surface area contributed by atoms with Crippen molar-refractivity contribution in [2.24, 2.45) is 5.73 Å². The first-order valence-electron chi connectivity index (χ1n) is 6.16. The molecule has 102 valence electrons. The summed E-state index contributed by atoms with van der Waals surface area (Å²) < 4.78 is 12.5. The van der Waals surface area contributed by atoms with Gasteiger partial charge >= 0.3 is 0 Å². The van der Waals surface area contributed by atoms with Crippen LogP contribution in [0.15, 0.2) is 24.3 Å². The summed E-state index contributed by atoms with van der Waals surface area (Å²) in [4.78, 5) is 0. The molecule has 0 aliphatic heterocycles. The van der Waals surface area contributed by atoms with Gasteiger partial charge in [-0.2, -0.15) is 0 Å². The molecule has 19 heavy (non-hydrogen) atoms. The van der Waals surface area contributed by atoms with E-state index < -0.39 is 0 Å². The molecule has 0 saturated heterocycles. The number of nitrogens with two attached hydrogens (primary N) is 1. The summed E-state index contributed by atoms with van der Waals surface area (Å²) in [5.74, 6) is 0.760. The lowest BCUT2D eigenvalue weighted by atomic mass is 10.2. The predicted octanol–water partition coefficient (Wildman–Crippen LogP) is 1.27. The van der Waals surface area contributed by atoms with Crippen LogP contribution >= 0.6 is 0 Å². The molecule has 2 rings (SSSR count). The van der Waals surface area contributed by atoms with Crippen molar-refractivity contribution in [2.75, 3.05) is 13.7 Å². The lowest BCUT2D eigenvalue weighted by molar-refractivity contribution is 0.178. The number of nitrogens with zero attached hydrogens (tertiary/aromatic N) is 3. The maximum atomic E-state index is 5.67. The van der Waals surface area contributed by atoms with Crippen molar-refractivity contribution >= 4 is 0 Å². The fourth-order valence-corrected chi connectivity index (χ4v) is 1.88. The Balaban J connectivity index is 2.49. The van der Waals surface area contributed by atoms with E-state index in [1.165, 1.54) is 0 Å². The van der Waals surface area contributed by atoms with Gasteiger partial charge in [-0.05, 0) is 19.1 Å². The lowest BCUT2D eigenvalue weighted by Crippen LogP contribution is -2.08. The third-order valence-corrected chi connectivity index (χ3v) is 2.71. The first-order valence-corrected chi connectivity index (χ1v) is 6.16. The van der Waals surface area contributed by atoms with Crippen molar-refractivity contribution in [3.8, 4) is 11.4 Å². The second kappa shape index (κ2) is 6.31. The van der Waals surface area contributed by atoms with Gasteiger partial charge < -0.3 is 15.2 Å². The molecule has 0 bridgehead atoms. The molecule has 0 aliphatic carbocycles. The van der Waals surface area contributed by atoms with Crippen LogP contribution in [0.4, 0.5) is 0 Å². The maximum absolute atomic E-state index is 5.67. The zero-order chi connectivity index (χ0) is 13.7. The first kappa shape index (κ1) is 13.5. The fraction of sp³-hybridized carbons (Fsp3) is 0.385. The Morgan fingerprint density at radius 2 is 2.11 bits per heavy atom. The lowest BCUT2D eigenvalue weighted by Gasteiger charge is -2.11. The fourth-order valence-electron chi connectivity index (χ4n) is 1.88. The molecule has 0 saturated carbocycles. The van der Waals surface area contributed by atoms with Gasteiger partial charge in [0.1, 0.15) is 17.1 Å². The Morgan fingerprint density at radius 1 is 1.32 bits per heavy atom. The molecule has 2 N–H and O–H groups in total. The highest BCUT2D eigenvalue weighted by Crippen LogP contribution is 2.24. The van der Waals surface area contributed by atoms with E-state index in [0.717, 1.165) is 22.8 Å². The molecule has 2 aromatic rings. The van der Waals surface area contributed by atoms with Gasteiger partial charge in [-0.25, -0.2) is 4.68 Å².